The summed E-state index contributed by atoms with van der Waals surface area (Å²) in [6.45, 7) is 4.02. The van der Waals surface area contributed by atoms with Gasteiger partial charge in [-0.2, -0.15) is 0 Å². The van der Waals surface area contributed by atoms with E-state index in [9.17, 15) is 4.79 Å². The molecule has 0 aromatic carbocycles. The van der Waals surface area contributed by atoms with E-state index in [1.807, 2.05) is 6.92 Å². The Morgan fingerprint density at radius 3 is 2.81 bits per heavy atom. The summed E-state index contributed by atoms with van der Waals surface area (Å²) in [5.41, 5.74) is 5.54. The Labute approximate surface area is 98.6 Å². The number of carbonyl (C=O) groups excluding carboxylic acids is 1. The molecule has 0 aliphatic heterocycles. The van der Waals surface area contributed by atoms with Crippen molar-refractivity contribution in [2.24, 2.45) is 13.0 Å². The van der Waals surface area contributed by atoms with E-state index in [-0.39, 0.29) is 11.9 Å². The fraction of sp³-hybridized carbons (Fsp3) is 0.667. The second kappa shape index (κ2) is 5.74. The van der Waals surface area contributed by atoms with Gasteiger partial charge in [0.15, 0.2) is 5.16 Å². The first-order valence-corrected chi connectivity index (χ1v) is 5.99. The molecule has 0 radical (unpaired) electrons. The number of nitrogens with two attached hydrogens (primary N) is 1. The van der Waals surface area contributed by atoms with Crippen molar-refractivity contribution in [3.05, 3.63) is 0 Å². The number of nitrogen functional groups attached to an aromatic ring is 1. The highest BCUT2D eigenvalue weighted by molar-refractivity contribution is 7.99. The summed E-state index contributed by atoms with van der Waals surface area (Å²) in [5, 5.41) is 8.32. The van der Waals surface area contributed by atoms with Crippen LogP contribution < -0.4 is 5.73 Å². The molecular formula is C9H16N4O2S. The third-order valence-electron chi connectivity index (χ3n) is 2.02. The number of aromatic nitrogens is 3. The molecule has 1 unspecified atom stereocenters. The first-order valence-electron chi connectivity index (χ1n) is 5.00. The molecule has 0 bridgehead atoms. The number of anilines is 1. The average molecular weight is 244 g/mol. The quantitative estimate of drug-likeness (QED) is 0.606. The van der Waals surface area contributed by atoms with Crippen molar-refractivity contribution in [2.45, 2.75) is 19.0 Å². The predicted octanol–water partition coefficient (Wildman–Crippen LogP) is 0.689. The van der Waals surface area contributed by atoms with Crippen LogP contribution in [0.15, 0.2) is 5.16 Å². The lowest BCUT2D eigenvalue weighted by molar-refractivity contribution is -0.146. The molecule has 0 fully saturated rings. The first kappa shape index (κ1) is 12.8. The van der Waals surface area contributed by atoms with Crippen LogP contribution in [0.25, 0.3) is 0 Å². The second-order valence-corrected chi connectivity index (χ2v) is 4.35. The van der Waals surface area contributed by atoms with Gasteiger partial charge in [0.2, 0.25) is 5.95 Å². The minimum absolute atomic E-state index is 0.164. The zero-order valence-corrected chi connectivity index (χ0v) is 10.5. The minimum atomic E-state index is -0.190. The summed E-state index contributed by atoms with van der Waals surface area (Å²) in [5.74, 6) is 0.615. The van der Waals surface area contributed by atoms with Gasteiger partial charge in [-0.25, -0.2) is 0 Å². The number of nitrogens with zero attached hydrogens (tertiary/aromatic N) is 3. The van der Waals surface area contributed by atoms with Crippen molar-refractivity contribution in [1.82, 2.24) is 14.8 Å². The topological polar surface area (TPSA) is 83.0 Å². The summed E-state index contributed by atoms with van der Waals surface area (Å²) < 4.78 is 6.59. The van der Waals surface area contributed by atoms with E-state index in [1.54, 1.807) is 18.5 Å². The molecule has 1 aromatic heterocycles. The Hall–Kier alpha value is -1.24. The zero-order chi connectivity index (χ0) is 12.1. The van der Waals surface area contributed by atoms with Gasteiger partial charge >= 0.3 is 5.97 Å². The van der Waals surface area contributed by atoms with Crippen LogP contribution in [-0.2, 0) is 16.6 Å². The van der Waals surface area contributed by atoms with Gasteiger partial charge in [-0.05, 0) is 6.92 Å². The molecule has 1 heterocycles. The molecule has 16 heavy (non-hydrogen) atoms. The van der Waals surface area contributed by atoms with E-state index in [1.165, 1.54) is 11.8 Å². The van der Waals surface area contributed by atoms with E-state index in [0.717, 1.165) is 0 Å². The molecule has 1 aromatic rings. The van der Waals surface area contributed by atoms with Gasteiger partial charge in [-0.15, -0.1) is 10.2 Å². The third-order valence-corrected chi connectivity index (χ3v) is 3.30. The Kier molecular flexibility index (Phi) is 4.60. The Morgan fingerprint density at radius 1 is 1.62 bits per heavy atom. The maximum absolute atomic E-state index is 11.4. The molecule has 0 amide bonds. The molecule has 90 valence electrons. The summed E-state index contributed by atoms with van der Waals surface area (Å²) in [7, 11) is 1.78. The average Bonchev–Trinajstić information content (AvgIpc) is 2.57. The monoisotopic (exact) mass is 244 g/mol. The van der Waals surface area contributed by atoms with Gasteiger partial charge in [-0.1, -0.05) is 18.7 Å². The molecule has 2 N–H and O–H groups in total. The molecule has 1 atom stereocenters. The molecule has 1 rings (SSSR count). The predicted molar refractivity (Wildman–Crippen MR) is 61.9 cm³/mol. The molecule has 0 saturated carbocycles. The van der Waals surface area contributed by atoms with Gasteiger partial charge in [0.05, 0.1) is 12.5 Å². The zero-order valence-electron chi connectivity index (χ0n) is 9.64. The van der Waals surface area contributed by atoms with Crippen molar-refractivity contribution in [3.8, 4) is 0 Å². The lowest BCUT2D eigenvalue weighted by atomic mass is 10.2. The maximum Gasteiger partial charge on any atom is 0.309 e. The van der Waals surface area contributed by atoms with Crippen LogP contribution in [0.4, 0.5) is 5.95 Å². The van der Waals surface area contributed by atoms with Crippen LogP contribution in [0.1, 0.15) is 13.8 Å². The van der Waals surface area contributed by atoms with Crippen LogP contribution in [0.2, 0.25) is 0 Å². The Morgan fingerprint density at radius 2 is 2.31 bits per heavy atom. The fourth-order valence-electron chi connectivity index (χ4n) is 1.00. The van der Waals surface area contributed by atoms with E-state index in [2.05, 4.69) is 10.2 Å². The van der Waals surface area contributed by atoms with E-state index in [0.29, 0.717) is 23.5 Å². The van der Waals surface area contributed by atoms with Crippen LogP contribution in [0, 0.1) is 5.92 Å². The number of rotatable bonds is 5. The third kappa shape index (κ3) is 3.13. The highest BCUT2D eigenvalue weighted by atomic mass is 32.2. The summed E-state index contributed by atoms with van der Waals surface area (Å²) in [6.07, 6.45) is 0. The highest BCUT2D eigenvalue weighted by Crippen LogP contribution is 2.19. The van der Waals surface area contributed by atoms with Crippen LogP contribution >= 0.6 is 11.8 Å². The number of hydrogen-bond donors (Lipinski definition) is 1. The van der Waals surface area contributed by atoms with Gasteiger partial charge in [0.1, 0.15) is 0 Å². The number of ether oxygens (including phenoxy) is 1. The Balaban J connectivity index is 2.45. The van der Waals surface area contributed by atoms with Gasteiger partial charge in [0.25, 0.3) is 0 Å². The molecule has 0 aliphatic carbocycles. The molecular weight excluding hydrogens is 228 g/mol. The number of hydrogen-bond acceptors (Lipinski definition) is 6. The molecule has 0 spiro atoms. The van der Waals surface area contributed by atoms with Crippen molar-refractivity contribution < 1.29 is 9.53 Å². The summed E-state index contributed by atoms with van der Waals surface area (Å²) >= 11 is 1.44. The second-order valence-electron chi connectivity index (χ2n) is 3.36. The van der Waals surface area contributed by atoms with Crippen molar-refractivity contribution >= 4 is 23.7 Å². The van der Waals surface area contributed by atoms with Crippen LogP contribution in [0.5, 0.6) is 0 Å². The normalized spacial score (nSPS) is 12.4. The molecule has 6 nitrogen and oxygen atoms in total. The van der Waals surface area contributed by atoms with Crippen LogP contribution in [0.3, 0.4) is 0 Å². The van der Waals surface area contributed by atoms with E-state index in [4.69, 9.17) is 10.5 Å². The smallest absolute Gasteiger partial charge is 0.309 e. The summed E-state index contributed by atoms with van der Waals surface area (Å²) in [4.78, 5) is 11.4. The number of carbonyl (C=O) groups is 1. The van der Waals surface area contributed by atoms with Gasteiger partial charge in [-0.3, -0.25) is 9.36 Å². The van der Waals surface area contributed by atoms with Gasteiger partial charge < -0.3 is 10.5 Å². The first-order chi connectivity index (χ1) is 7.56. The Bertz CT molecular complexity index is 366. The lowest BCUT2D eigenvalue weighted by Crippen LogP contribution is -2.17. The van der Waals surface area contributed by atoms with Gasteiger partial charge in [0, 0.05) is 12.8 Å². The fourth-order valence-corrected chi connectivity index (χ4v) is 1.92. The molecule has 0 aliphatic rings. The maximum atomic E-state index is 11.4. The lowest BCUT2D eigenvalue weighted by Gasteiger charge is -2.09. The number of thioether (sulfide) groups is 1. The minimum Gasteiger partial charge on any atom is -0.466 e. The van der Waals surface area contributed by atoms with E-state index >= 15 is 0 Å². The molecule has 0 saturated heterocycles. The van der Waals surface area contributed by atoms with Crippen LogP contribution in [-0.4, -0.2) is 33.1 Å². The summed E-state index contributed by atoms with van der Waals surface area (Å²) in [6, 6.07) is 0. The largest absolute Gasteiger partial charge is 0.466 e. The molecule has 7 heteroatoms. The van der Waals surface area contributed by atoms with Crippen molar-refractivity contribution in [1.29, 1.82) is 0 Å². The highest BCUT2D eigenvalue weighted by Gasteiger charge is 2.16. The van der Waals surface area contributed by atoms with E-state index < -0.39 is 0 Å². The number of esters is 1. The van der Waals surface area contributed by atoms with Crippen molar-refractivity contribution in [3.63, 3.8) is 0 Å². The van der Waals surface area contributed by atoms with Crippen molar-refractivity contribution in [2.75, 3.05) is 18.1 Å². The SMILES string of the molecule is CCOC(=O)C(C)CSc1nnc(N)n1C. The standard InChI is InChI=1S/C9H16N4O2S/c1-4-15-7(14)6(2)5-16-9-12-11-8(10)13(9)3/h6H,4-5H2,1-3H3,(H2,10,11).